The van der Waals surface area contributed by atoms with Crippen LogP contribution >= 0.6 is 0 Å². The lowest BCUT2D eigenvalue weighted by Gasteiger charge is -2.51. The van der Waals surface area contributed by atoms with E-state index in [1.54, 1.807) is 7.05 Å². The highest BCUT2D eigenvalue weighted by atomic mass is 16.3. The largest absolute Gasteiger partial charge is 0.451 e. The summed E-state index contributed by atoms with van der Waals surface area (Å²) in [5.74, 6) is 0.615. The molecule has 3 amide bonds. The van der Waals surface area contributed by atoms with Crippen LogP contribution in [0.3, 0.4) is 0 Å². The van der Waals surface area contributed by atoms with Crippen molar-refractivity contribution >= 4 is 17.6 Å². The van der Waals surface area contributed by atoms with Gasteiger partial charge in [0, 0.05) is 62.8 Å². The van der Waals surface area contributed by atoms with E-state index in [0.717, 1.165) is 64.0 Å². The van der Waals surface area contributed by atoms with Gasteiger partial charge in [0.25, 0.3) is 5.91 Å². The molecule has 3 saturated heterocycles. The molecule has 2 atom stereocenters. The first-order chi connectivity index (χ1) is 21.5. The van der Waals surface area contributed by atoms with E-state index in [-0.39, 0.29) is 29.6 Å². The van der Waals surface area contributed by atoms with Gasteiger partial charge in [0.05, 0.1) is 11.6 Å². The Balaban J connectivity index is 1.19. The van der Waals surface area contributed by atoms with Crippen LogP contribution in [0, 0.1) is 23.2 Å². The molecule has 2 unspecified atom stereocenters. The second-order valence-electron chi connectivity index (χ2n) is 12.4. The predicted molar refractivity (Wildman–Crippen MR) is 167 cm³/mol. The number of nitriles is 1. The van der Waals surface area contributed by atoms with E-state index in [0.29, 0.717) is 24.6 Å². The van der Waals surface area contributed by atoms with Gasteiger partial charge in [-0.3, -0.25) is 4.79 Å². The molecule has 2 aromatic carbocycles. The van der Waals surface area contributed by atoms with Crippen LogP contribution in [0.5, 0.6) is 0 Å². The number of oxazole rings is 1. The Bertz CT molecular complexity index is 1440. The first-order valence-corrected chi connectivity index (χ1v) is 15.7. The summed E-state index contributed by atoms with van der Waals surface area (Å²) < 4.78 is 5.08. The number of urea groups is 1. The number of carbonyl (C=O) groups excluding carboxylic acids is 2. The Labute approximate surface area is 259 Å². The molecule has 44 heavy (non-hydrogen) atoms. The summed E-state index contributed by atoms with van der Waals surface area (Å²) >= 11 is 0. The molecule has 3 aliphatic rings. The smallest absolute Gasteiger partial charge is 0.317 e. The molecule has 3 aromatic rings. The molecule has 1 aromatic heterocycles. The van der Waals surface area contributed by atoms with Gasteiger partial charge >= 0.3 is 6.03 Å². The maximum Gasteiger partial charge on any atom is 0.317 e. The van der Waals surface area contributed by atoms with Crippen LogP contribution in [0.15, 0.2) is 71.7 Å². The molecule has 0 spiro atoms. The van der Waals surface area contributed by atoms with Crippen LogP contribution < -0.4 is 15.5 Å². The van der Waals surface area contributed by atoms with Crippen molar-refractivity contribution in [3.8, 4) is 6.07 Å². The van der Waals surface area contributed by atoms with Crippen LogP contribution in [0.1, 0.15) is 47.3 Å². The van der Waals surface area contributed by atoms with E-state index < -0.39 is 5.41 Å². The number of benzene rings is 2. The summed E-state index contributed by atoms with van der Waals surface area (Å²) in [6, 6.07) is 20.4. The van der Waals surface area contributed by atoms with Crippen molar-refractivity contribution in [2.24, 2.45) is 11.8 Å². The molecular weight excluding hydrogens is 554 g/mol. The Morgan fingerprint density at radius 2 is 1.80 bits per heavy atom. The van der Waals surface area contributed by atoms with Gasteiger partial charge in [0.2, 0.25) is 0 Å². The van der Waals surface area contributed by atoms with Crippen molar-refractivity contribution in [1.29, 1.82) is 5.26 Å². The van der Waals surface area contributed by atoms with Gasteiger partial charge in [-0.05, 0) is 74.5 Å². The summed E-state index contributed by atoms with van der Waals surface area (Å²) in [7, 11) is 1.69. The molecule has 10 nitrogen and oxygen atoms in total. The molecule has 0 bridgehead atoms. The lowest BCUT2D eigenvalue weighted by molar-refractivity contribution is 0.0604. The normalized spacial score (nSPS) is 20.9. The fraction of sp³-hybridized carbons (Fsp3) is 0.471. The number of likely N-dealkylation sites (tertiary alicyclic amines) is 2. The fourth-order valence-electron chi connectivity index (χ4n) is 7.78. The first kappa shape index (κ1) is 29.7. The number of aromatic nitrogens is 1. The summed E-state index contributed by atoms with van der Waals surface area (Å²) in [5, 5.41) is 15.2. The van der Waals surface area contributed by atoms with Crippen molar-refractivity contribution in [3.63, 3.8) is 0 Å². The monoisotopic (exact) mass is 595 g/mol. The van der Waals surface area contributed by atoms with E-state index in [4.69, 9.17) is 9.68 Å². The molecular formula is C34H41N7O3. The molecule has 230 valence electrons. The number of anilines is 1. The topological polar surface area (TPSA) is 118 Å². The third kappa shape index (κ3) is 5.89. The number of nitrogens with one attached hydrogen (secondary N) is 2. The predicted octanol–water partition coefficient (Wildman–Crippen LogP) is 3.87. The molecule has 10 heteroatoms. The van der Waals surface area contributed by atoms with Crippen LogP contribution in [-0.2, 0) is 5.41 Å². The van der Waals surface area contributed by atoms with E-state index in [9.17, 15) is 9.59 Å². The quantitative estimate of drug-likeness (QED) is 0.386. The highest BCUT2D eigenvalue weighted by Gasteiger charge is 2.52. The van der Waals surface area contributed by atoms with Crippen LogP contribution in [-0.4, -0.2) is 85.6 Å². The van der Waals surface area contributed by atoms with Gasteiger partial charge in [-0.15, -0.1) is 0 Å². The average Bonchev–Trinajstić information content (AvgIpc) is 3.78. The zero-order chi connectivity index (χ0) is 30.5. The van der Waals surface area contributed by atoms with Crippen molar-refractivity contribution in [3.05, 3.63) is 84.1 Å². The number of rotatable bonds is 9. The zero-order valence-electron chi connectivity index (χ0n) is 25.3. The van der Waals surface area contributed by atoms with Crippen LogP contribution in [0.25, 0.3) is 0 Å². The van der Waals surface area contributed by atoms with Gasteiger partial charge in [0.15, 0.2) is 12.1 Å². The number of piperidine rings is 1. The number of hydrogen-bond acceptors (Lipinski definition) is 7. The van der Waals surface area contributed by atoms with Crippen molar-refractivity contribution in [2.75, 3.05) is 57.8 Å². The lowest BCUT2D eigenvalue weighted by atomic mass is 9.61. The fourth-order valence-corrected chi connectivity index (χ4v) is 7.78. The standard InChI is InChI=1S/C34H41N7O3/c1-36-33(43)41-15-5-8-31(41)34(27-6-3-2-4-7-27,23-37-32(42)30-22-44-24-38-30)28-13-16-39(17-14-28)19-26-20-40(21-26)29-11-9-25(18-35)10-12-29/h2-4,6-7,9-12,22,24,26,28,31H,5,8,13-17,19-21,23H2,1H3,(H,36,43)(H,37,42). The Morgan fingerprint density at radius 1 is 1.05 bits per heavy atom. The molecule has 3 fully saturated rings. The first-order valence-electron chi connectivity index (χ1n) is 15.7. The Hall–Kier alpha value is -4.36. The molecule has 4 heterocycles. The second-order valence-corrected chi connectivity index (χ2v) is 12.4. The Morgan fingerprint density at radius 3 is 2.45 bits per heavy atom. The number of amides is 3. The SMILES string of the molecule is CNC(=O)N1CCCC1C(CNC(=O)c1cocn1)(c1ccccc1)C1CCN(CC2CN(c3ccc(C#N)cc3)C2)CC1. The third-order valence-electron chi connectivity index (χ3n) is 9.99. The van der Waals surface area contributed by atoms with Gasteiger partial charge < -0.3 is 29.8 Å². The molecule has 6 rings (SSSR count). The molecule has 0 saturated carbocycles. The van der Waals surface area contributed by atoms with Gasteiger partial charge in [-0.2, -0.15) is 5.26 Å². The van der Waals surface area contributed by atoms with Gasteiger partial charge in [-0.1, -0.05) is 30.3 Å². The minimum absolute atomic E-state index is 0.0494. The summed E-state index contributed by atoms with van der Waals surface area (Å²) in [4.78, 5) is 37.4. The van der Waals surface area contributed by atoms with E-state index in [2.05, 4.69) is 55.8 Å². The average molecular weight is 596 g/mol. The number of nitrogens with zero attached hydrogens (tertiary/aromatic N) is 5. The molecule has 0 aliphatic carbocycles. The lowest BCUT2D eigenvalue weighted by Crippen LogP contribution is -2.61. The van der Waals surface area contributed by atoms with Crippen molar-refractivity contribution in [1.82, 2.24) is 25.4 Å². The molecule has 2 N–H and O–H groups in total. The van der Waals surface area contributed by atoms with Crippen molar-refractivity contribution < 1.29 is 14.0 Å². The van der Waals surface area contributed by atoms with E-state index in [1.807, 2.05) is 35.2 Å². The van der Waals surface area contributed by atoms with Crippen molar-refractivity contribution in [2.45, 2.75) is 37.1 Å². The summed E-state index contributed by atoms with van der Waals surface area (Å²) in [5.41, 5.74) is 2.83. The maximum absolute atomic E-state index is 13.2. The minimum atomic E-state index is -0.460. The molecule has 3 aliphatic heterocycles. The van der Waals surface area contributed by atoms with E-state index in [1.165, 1.54) is 18.3 Å². The highest BCUT2D eigenvalue weighted by Crippen LogP contribution is 2.46. The number of hydrogen-bond donors (Lipinski definition) is 2. The molecule has 0 radical (unpaired) electrons. The van der Waals surface area contributed by atoms with Crippen LogP contribution in [0.4, 0.5) is 10.5 Å². The third-order valence-corrected chi connectivity index (χ3v) is 9.99. The number of carbonyl (C=O) groups is 2. The van der Waals surface area contributed by atoms with Gasteiger partial charge in [-0.25, -0.2) is 9.78 Å². The van der Waals surface area contributed by atoms with Crippen LogP contribution in [0.2, 0.25) is 0 Å². The Kier molecular flexibility index (Phi) is 8.84. The minimum Gasteiger partial charge on any atom is -0.451 e. The summed E-state index contributed by atoms with van der Waals surface area (Å²) in [6.45, 7) is 6.19. The maximum atomic E-state index is 13.2. The zero-order valence-corrected chi connectivity index (χ0v) is 25.3. The second kappa shape index (κ2) is 13.1. The highest BCUT2D eigenvalue weighted by molar-refractivity contribution is 5.91. The summed E-state index contributed by atoms with van der Waals surface area (Å²) in [6.07, 6.45) is 6.42. The van der Waals surface area contributed by atoms with Gasteiger partial charge in [0.1, 0.15) is 6.26 Å². The van der Waals surface area contributed by atoms with E-state index >= 15 is 0 Å².